The molecule has 5 heteroatoms. The fourth-order valence-electron chi connectivity index (χ4n) is 2.83. The third-order valence-corrected chi connectivity index (χ3v) is 4.03. The third kappa shape index (κ3) is 2.44. The highest BCUT2D eigenvalue weighted by Crippen LogP contribution is 2.32. The minimum Gasteiger partial charge on any atom is -0.465 e. The lowest BCUT2D eigenvalue weighted by Crippen LogP contribution is -2.34. The van der Waals surface area contributed by atoms with Crippen LogP contribution in [-0.4, -0.2) is 38.6 Å². The van der Waals surface area contributed by atoms with E-state index < -0.39 is 6.10 Å². The molecule has 2 aliphatic rings. The zero-order chi connectivity index (χ0) is 15.7. The summed E-state index contributed by atoms with van der Waals surface area (Å²) < 4.78 is 9.91. The molecule has 114 valence electrons. The molecule has 3 rings (SSSR count). The summed E-state index contributed by atoms with van der Waals surface area (Å²) in [5.41, 5.74) is 2.33. The van der Waals surface area contributed by atoms with Crippen LogP contribution in [0.4, 0.5) is 5.69 Å². The number of hydrogen-bond donors (Lipinski definition) is 0. The number of esters is 1. The number of ether oxygens (including phenoxy) is 2. The number of fused-ring (bicyclic) bond motifs is 1. The molecular weight excluding hydrogens is 282 g/mol. The Morgan fingerprint density at radius 2 is 2.14 bits per heavy atom. The van der Waals surface area contributed by atoms with Crippen molar-refractivity contribution in [2.75, 3.05) is 25.7 Å². The van der Waals surface area contributed by atoms with Crippen molar-refractivity contribution in [2.45, 2.75) is 6.10 Å². The van der Waals surface area contributed by atoms with Crippen LogP contribution in [0.5, 0.6) is 0 Å². The molecule has 1 aliphatic carbocycles. The van der Waals surface area contributed by atoms with E-state index in [0.29, 0.717) is 12.1 Å². The van der Waals surface area contributed by atoms with E-state index in [1.807, 2.05) is 23.2 Å². The minimum atomic E-state index is -0.469. The van der Waals surface area contributed by atoms with Crippen molar-refractivity contribution in [2.24, 2.45) is 5.92 Å². The number of nitrogens with zero attached hydrogens (tertiary/aromatic N) is 1. The lowest BCUT2D eigenvalue weighted by atomic mass is 9.88. The number of hydrogen-bond acceptors (Lipinski definition) is 5. The lowest BCUT2D eigenvalue weighted by Gasteiger charge is -2.22. The number of methoxy groups -OCH3 is 2. The van der Waals surface area contributed by atoms with E-state index in [2.05, 4.69) is 0 Å². The number of rotatable bonds is 3. The first kappa shape index (κ1) is 14.5. The average molecular weight is 299 g/mol. The van der Waals surface area contributed by atoms with E-state index in [4.69, 9.17) is 9.47 Å². The van der Waals surface area contributed by atoms with Crippen molar-refractivity contribution < 1.29 is 19.1 Å². The van der Waals surface area contributed by atoms with E-state index in [9.17, 15) is 9.59 Å². The molecule has 0 fully saturated rings. The Hall–Kier alpha value is -2.40. The summed E-state index contributed by atoms with van der Waals surface area (Å²) in [5.74, 6) is -0.485. The first-order chi connectivity index (χ1) is 10.6. The fourth-order valence-corrected chi connectivity index (χ4v) is 2.83. The Labute approximate surface area is 128 Å². The van der Waals surface area contributed by atoms with Crippen molar-refractivity contribution in [1.29, 1.82) is 0 Å². The average Bonchev–Trinajstić information content (AvgIpc) is 3.00. The van der Waals surface area contributed by atoms with Gasteiger partial charge in [-0.2, -0.15) is 0 Å². The largest absolute Gasteiger partial charge is 0.465 e. The number of carbonyl (C=O) groups is 2. The van der Waals surface area contributed by atoms with Crippen molar-refractivity contribution in [3.05, 3.63) is 53.8 Å². The molecule has 0 bridgehead atoms. The second-order valence-corrected chi connectivity index (χ2v) is 5.29. The lowest BCUT2D eigenvalue weighted by molar-refractivity contribution is -0.129. The molecule has 1 heterocycles. The summed E-state index contributed by atoms with van der Waals surface area (Å²) in [6, 6.07) is 7.18. The molecule has 1 aromatic rings. The molecule has 0 N–H and O–H groups in total. The summed E-state index contributed by atoms with van der Waals surface area (Å²) in [6.07, 6.45) is 5.19. The maximum Gasteiger partial charge on any atom is 0.337 e. The highest BCUT2D eigenvalue weighted by molar-refractivity contribution is 5.94. The predicted octanol–water partition coefficient (Wildman–Crippen LogP) is 1.95. The number of carbonyl (C=O) groups excluding carboxylic acids is 2. The number of Topliss-reactive ketones (excluding diaryl/α,β-unsaturated/α-hetero) is 1. The van der Waals surface area contributed by atoms with E-state index in [-0.39, 0.29) is 17.7 Å². The Morgan fingerprint density at radius 1 is 1.32 bits per heavy atom. The number of benzene rings is 1. The standard InChI is InChI=1S/C17H17NO4/c1-21-15-7-6-12-9-18(10-14(12)16(15)19)13-5-3-4-11(8-13)17(20)22-2/h3-9,14-15H,10H2,1-2H3. The van der Waals surface area contributed by atoms with Crippen LogP contribution in [0.25, 0.3) is 0 Å². The Morgan fingerprint density at radius 3 is 2.86 bits per heavy atom. The SMILES string of the molecule is COC(=O)c1cccc(N2C=C3C=CC(OC)C(=O)C3C2)c1. The van der Waals surface area contributed by atoms with Crippen molar-refractivity contribution in [3.8, 4) is 0 Å². The smallest absolute Gasteiger partial charge is 0.337 e. The molecule has 1 aliphatic heterocycles. The zero-order valence-electron chi connectivity index (χ0n) is 12.5. The predicted molar refractivity (Wildman–Crippen MR) is 81.6 cm³/mol. The molecule has 0 radical (unpaired) electrons. The molecule has 0 saturated carbocycles. The molecular formula is C17H17NO4. The van der Waals surface area contributed by atoms with Crippen LogP contribution >= 0.6 is 0 Å². The van der Waals surface area contributed by atoms with Crippen molar-refractivity contribution in [3.63, 3.8) is 0 Å². The van der Waals surface area contributed by atoms with Gasteiger partial charge in [-0.1, -0.05) is 12.1 Å². The first-order valence-corrected chi connectivity index (χ1v) is 7.05. The summed E-state index contributed by atoms with van der Waals surface area (Å²) in [4.78, 5) is 25.9. The number of ketones is 1. The second kappa shape index (κ2) is 5.77. The topological polar surface area (TPSA) is 55.8 Å². The van der Waals surface area contributed by atoms with E-state index in [0.717, 1.165) is 11.3 Å². The molecule has 2 unspecified atom stereocenters. The molecule has 0 saturated heterocycles. The molecule has 5 nitrogen and oxygen atoms in total. The molecule has 1 aromatic carbocycles. The van der Waals surface area contributed by atoms with Crippen LogP contribution in [0.15, 0.2) is 48.2 Å². The maximum absolute atomic E-state index is 12.3. The van der Waals surface area contributed by atoms with Gasteiger partial charge in [-0.15, -0.1) is 0 Å². The summed E-state index contributed by atoms with van der Waals surface area (Å²) in [6.45, 7) is 0.559. The summed E-state index contributed by atoms with van der Waals surface area (Å²) in [5, 5.41) is 0. The number of anilines is 1. The summed E-state index contributed by atoms with van der Waals surface area (Å²) >= 11 is 0. The Kier molecular flexibility index (Phi) is 3.81. The van der Waals surface area contributed by atoms with Gasteiger partial charge in [-0.25, -0.2) is 4.79 Å². The minimum absolute atomic E-state index is 0.0721. The van der Waals surface area contributed by atoms with Gasteiger partial charge >= 0.3 is 5.97 Å². The van der Waals surface area contributed by atoms with Gasteiger partial charge in [-0.05, 0) is 29.8 Å². The third-order valence-electron chi connectivity index (χ3n) is 4.03. The zero-order valence-corrected chi connectivity index (χ0v) is 12.5. The molecule has 0 amide bonds. The van der Waals surface area contributed by atoms with Crippen LogP contribution in [-0.2, 0) is 14.3 Å². The Balaban J connectivity index is 1.85. The van der Waals surface area contributed by atoms with Gasteiger partial charge < -0.3 is 14.4 Å². The van der Waals surface area contributed by atoms with Gasteiger partial charge in [0, 0.05) is 25.5 Å². The molecule has 0 spiro atoms. The Bertz CT molecular complexity index is 677. The van der Waals surface area contributed by atoms with Gasteiger partial charge in [-0.3, -0.25) is 4.79 Å². The van der Waals surface area contributed by atoms with Gasteiger partial charge in [0.1, 0.15) is 6.10 Å². The fraction of sp³-hybridized carbons (Fsp3) is 0.294. The van der Waals surface area contributed by atoms with Gasteiger partial charge in [0.25, 0.3) is 0 Å². The van der Waals surface area contributed by atoms with Crippen LogP contribution < -0.4 is 4.90 Å². The van der Waals surface area contributed by atoms with Crippen molar-refractivity contribution in [1.82, 2.24) is 0 Å². The van der Waals surface area contributed by atoms with Gasteiger partial charge in [0.2, 0.25) is 0 Å². The van der Waals surface area contributed by atoms with E-state index >= 15 is 0 Å². The van der Waals surface area contributed by atoms with Gasteiger partial charge in [0.15, 0.2) is 5.78 Å². The second-order valence-electron chi connectivity index (χ2n) is 5.29. The quantitative estimate of drug-likeness (QED) is 0.798. The van der Waals surface area contributed by atoms with Gasteiger partial charge in [0.05, 0.1) is 18.6 Å². The highest BCUT2D eigenvalue weighted by Gasteiger charge is 2.36. The van der Waals surface area contributed by atoms with E-state index in [1.165, 1.54) is 14.2 Å². The summed E-state index contributed by atoms with van der Waals surface area (Å²) in [7, 11) is 2.89. The first-order valence-electron chi connectivity index (χ1n) is 7.05. The van der Waals surface area contributed by atoms with E-state index in [1.54, 1.807) is 24.3 Å². The van der Waals surface area contributed by atoms with Crippen LogP contribution in [0.3, 0.4) is 0 Å². The van der Waals surface area contributed by atoms with Crippen LogP contribution in [0.1, 0.15) is 10.4 Å². The molecule has 22 heavy (non-hydrogen) atoms. The molecule has 0 aromatic heterocycles. The normalized spacial score (nSPS) is 23.3. The highest BCUT2D eigenvalue weighted by atomic mass is 16.5. The van der Waals surface area contributed by atoms with Crippen molar-refractivity contribution >= 4 is 17.4 Å². The monoisotopic (exact) mass is 299 g/mol. The maximum atomic E-state index is 12.3. The van der Waals surface area contributed by atoms with Crippen LogP contribution in [0, 0.1) is 5.92 Å². The number of allylic oxidation sites excluding steroid dienone is 1. The molecule has 2 atom stereocenters. The van der Waals surface area contributed by atoms with Crippen LogP contribution in [0.2, 0.25) is 0 Å².